The molecule has 4 N–H and O–H groups in total. The minimum absolute atomic E-state index is 0.0242. The minimum atomic E-state index is -1.27. The van der Waals surface area contributed by atoms with Crippen molar-refractivity contribution in [3.8, 4) is 0 Å². The molecule has 2 aromatic carbocycles. The molecule has 1 aromatic heterocycles. The second-order valence-corrected chi connectivity index (χ2v) is 10.5. The number of benzene rings is 2. The molecule has 1 aliphatic rings. The maximum Gasteiger partial charge on any atom is 0.407 e. The van der Waals surface area contributed by atoms with Crippen LogP contribution in [0.25, 0.3) is 11.0 Å². The zero-order valence-electron chi connectivity index (χ0n) is 21.0. The van der Waals surface area contributed by atoms with Gasteiger partial charge in [-0.25, -0.2) is 9.59 Å². The van der Waals surface area contributed by atoms with E-state index in [2.05, 4.69) is 15.6 Å². The first-order valence-electron chi connectivity index (χ1n) is 11.9. The normalized spacial score (nSPS) is 14.7. The molecule has 1 aliphatic heterocycles. The Hall–Kier alpha value is -4.12. The van der Waals surface area contributed by atoms with Crippen molar-refractivity contribution >= 4 is 46.3 Å². The number of aromatic amines is 1. The van der Waals surface area contributed by atoms with E-state index in [1.165, 1.54) is 16.7 Å². The van der Waals surface area contributed by atoms with E-state index in [1.807, 2.05) is 0 Å². The van der Waals surface area contributed by atoms with Gasteiger partial charge in [0.25, 0.3) is 0 Å². The highest BCUT2D eigenvalue weighted by atomic mass is 35.5. The Morgan fingerprint density at radius 3 is 2.61 bits per heavy atom. The third-order valence-corrected chi connectivity index (χ3v) is 6.23. The molecule has 1 atom stereocenters. The number of nitrogens with zero attached hydrogens (tertiary/aromatic N) is 1. The van der Waals surface area contributed by atoms with Gasteiger partial charge >= 0.3 is 23.2 Å². The highest BCUT2D eigenvalue weighted by Gasteiger charge is 2.27. The van der Waals surface area contributed by atoms with E-state index in [-0.39, 0.29) is 24.2 Å². The van der Waals surface area contributed by atoms with Crippen LogP contribution in [0, 0.1) is 0 Å². The maximum atomic E-state index is 13.0. The number of carboxylic acids is 1. The van der Waals surface area contributed by atoms with E-state index >= 15 is 0 Å². The third-order valence-electron chi connectivity index (χ3n) is 6.01. The van der Waals surface area contributed by atoms with Crippen LogP contribution in [0.1, 0.15) is 61.1 Å². The Morgan fingerprint density at radius 1 is 1.18 bits per heavy atom. The lowest BCUT2D eigenvalue weighted by molar-refractivity contribution is -0.117. The van der Waals surface area contributed by atoms with Gasteiger partial charge in [0.15, 0.2) is 0 Å². The number of halogens is 1. The average Bonchev–Trinajstić information content (AvgIpc) is 2.81. The number of hydrogen-bond acceptors (Lipinski definition) is 6. The van der Waals surface area contributed by atoms with Gasteiger partial charge in [0.05, 0.1) is 22.3 Å². The van der Waals surface area contributed by atoms with Gasteiger partial charge in [-0.2, -0.15) is 0 Å². The summed E-state index contributed by atoms with van der Waals surface area (Å²) in [6, 6.07) is 7.03. The van der Waals surface area contributed by atoms with Crippen molar-refractivity contribution in [2.75, 3.05) is 5.32 Å². The molecule has 0 radical (unpaired) electrons. The molecule has 3 aromatic rings. The van der Waals surface area contributed by atoms with Gasteiger partial charge in [0, 0.05) is 24.0 Å². The quantitative estimate of drug-likeness (QED) is 0.346. The number of rotatable bonds is 6. The molecule has 0 bridgehead atoms. The molecule has 0 saturated heterocycles. The summed E-state index contributed by atoms with van der Waals surface area (Å²) in [5.74, 6) is -1.79. The summed E-state index contributed by atoms with van der Waals surface area (Å²) in [6.45, 7) is 5.20. The summed E-state index contributed by atoms with van der Waals surface area (Å²) < 4.78 is 6.50. The van der Waals surface area contributed by atoms with Crippen molar-refractivity contribution in [2.24, 2.45) is 0 Å². The molecule has 2 amide bonds. The average molecular weight is 543 g/mol. The smallest absolute Gasteiger partial charge is 0.407 e. The molecule has 200 valence electrons. The lowest BCUT2D eigenvalue weighted by Gasteiger charge is -2.27. The molecular weight excluding hydrogens is 516 g/mol. The van der Waals surface area contributed by atoms with Gasteiger partial charge in [-0.05, 0) is 69.0 Å². The molecule has 0 fully saturated rings. The fourth-order valence-electron chi connectivity index (χ4n) is 4.50. The van der Waals surface area contributed by atoms with Gasteiger partial charge in [-0.1, -0.05) is 17.7 Å². The van der Waals surface area contributed by atoms with Crippen LogP contribution >= 0.6 is 11.6 Å². The number of aromatic nitrogens is 2. The van der Waals surface area contributed by atoms with Crippen LogP contribution in [-0.2, 0) is 22.5 Å². The number of aryl methyl sites for hydroxylation is 1. The standard InChI is InChI=1S/C26H27ClN4O7/c1-26(2,3)38-25(37)28-12-13-4-7-18(17(8-13)24(35)36)29-20(32)11-16-6-5-14-9-15(27)10-19-21(14)31(16)23(34)22(33)30-19/h4,7-10,16H,5-6,11-12H2,1-3H3,(H,28,37)(H,29,32)(H,30,33)(H,35,36)/t16-/m0/s1. The van der Waals surface area contributed by atoms with E-state index < -0.39 is 40.7 Å². The van der Waals surface area contributed by atoms with Crippen LogP contribution in [0.4, 0.5) is 10.5 Å². The van der Waals surface area contributed by atoms with Gasteiger partial charge < -0.3 is 25.5 Å². The number of carboxylic acid groups (broad SMARTS) is 1. The number of ether oxygens (including phenoxy) is 1. The Balaban J connectivity index is 1.53. The molecule has 0 saturated carbocycles. The highest BCUT2D eigenvalue weighted by Crippen LogP contribution is 2.32. The van der Waals surface area contributed by atoms with Crippen LogP contribution in [0.15, 0.2) is 39.9 Å². The first-order chi connectivity index (χ1) is 17.8. The highest BCUT2D eigenvalue weighted by molar-refractivity contribution is 6.31. The summed E-state index contributed by atoms with van der Waals surface area (Å²) in [5, 5.41) is 15.3. The summed E-state index contributed by atoms with van der Waals surface area (Å²) in [5.41, 5.74) is -0.152. The van der Waals surface area contributed by atoms with Crippen molar-refractivity contribution in [3.63, 3.8) is 0 Å². The van der Waals surface area contributed by atoms with E-state index in [0.29, 0.717) is 34.5 Å². The molecule has 0 unspecified atom stereocenters. The zero-order chi connectivity index (χ0) is 27.8. The first-order valence-corrected chi connectivity index (χ1v) is 12.3. The number of hydrogen-bond donors (Lipinski definition) is 4. The Kier molecular flexibility index (Phi) is 7.32. The number of amides is 2. The molecule has 0 spiro atoms. The molecule has 4 rings (SSSR count). The monoisotopic (exact) mass is 542 g/mol. The molecule has 0 aliphatic carbocycles. The van der Waals surface area contributed by atoms with E-state index in [1.54, 1.807) is 39.0 Å². The third kappa shape index (κ3) is 5.88. The van der Waals surface area contributed by atoms with Gasteiger partial charge in [-0.3, -0.25) is 19.0 Å². The number of aromatic carboxylic acids is 1. The van der Waals surface area contributed by atoms with E-state index in [9.17, 15) is 29.1 Å². The van der Waals surface area contributed by atoms with E-state index in [4.69, 9.17) is 16.3 Å². The van der Waals surface area contributed by atoms with Crippen molar-refractivity contribution in [2.45, 2.75) is 58.2 Å². The topological polar surface area (TPSA) is 160 Å². The lowest BCUT2D eigenvalue weighted by Crippen LogP contribution is -2.41. The fraction of sp³-hybridized carbons (Fsp3) is 0.346. The lowest BCUT2D eigenvalue weighted by atomic mass is 9.96. The summed E-state index contributed by atoms with van der Waals surface area (Å²) in [6.07, 6.45) is 0.161. The second-order valence-electron chi connectivity index (χ2n) is 10.1. The SMILES string of the molecule is CC(C)(C)OC(=O)NCc1ccc(NC(=O)C[C@@H]2CCc3cc(Cl)cc4[nH]c(=O)c(=O)n2c34)c(C(=O)O)c1. The maximum absolute atomic E-state index is 13.0. The van der Waals surface area contributed by atoms with E-state index in [0.717, 1.165) is 5.56 Å². The largest absolute Gasteiger partial charge is 0.478 e. The van der Waals surface area contributed by atoms with Crippen LogP contribution in [0.3, 0.4) is 0 Å². The summed E-state index contributed by atoms with van der Waals surface area (Å²) >= 11 is 6.15. The fourth-order valence-corrected chi connectivity index (χ4v) is 4.74. The Morgan fingerprint density at radius 2 is 1.92 bits per heavy atom. The molecular formula is C26H27ClN4O7. The van der Waals surface area contributed by atoms with Crippen molar-refractivity contribution < 1.29 is 24.2 Å². The van der Waals surface area contributed by atoms with Crippen LogP contribution in [0.5, 0.6) is 0 Å². The van der Waals surface area contributed by atoms with Crippen LogP contribution in [0.2, 0.25) is 5.02 Å². The van der Waals surface area contributed by atoms with Crippen LogP contribution in [-0.4, -0.2) is 38.2 Å². The van der Waals surface area contributed by atoms with Gasteiger partial charge in [0.1, 0.15) is 5.60 Å². The zero-order valence-corrected chi connectivity index (χ0v) is 21.8. The number of nitrogens with one attached hydrogen (secondary N) is 3. The molecule has 12 heteroatoms. The Bertz CT molecular complexity index is 1570. The molecule has 11 nitrogen and oxygen atoms in total. The predicted molar refractivity (Wildman–Crippen MR) is 141 cm³/mol. The van der Waals surface area contributed by atoms with Gasteiger partial charge in [-0.15, -0.1) is 0 Å². The van der Waals surface area contributed by atoms with Crippen molar-refractivity contribution in [3.05, 3.63) is 72.8 Å². The molecule has 38 heavy (non-hydrogen) atoms. The number of alkyl carbamates (subject to hydrolysis) is 1. The number of carbonyl (C=O) groups is 3. The number of carbonyl (C=O) groups excluding carboxylic acids is 2. The second kappa shape index (κ2) is 10.3. The number of H-pyrrole nitrogens is 1. The molecule has 2 heterocycles. The first kappa shape index (κ1) is 26.9. The number of anilines is 1. The van der Waals surface area contributed by atoms with Gasteiger partial charge in [0.2, 0.25) is 5.91 Å². The predicted octanol–water partition coefficient (Wildman–Crippen LogP) is 3.58. The summed E-state index contributed by atoms with van der Waals surface area (Å²) in [7, 11) is 0. The minimum Gasteiger partial charge on any atom is -0.478 e. The van der Waals surface area contributed by atoms with Crippen molar-refractivity contribution in [1.82, 2.24) is 14.9 Å². The van der Waals surface area contributed by atoms with Crippen molar-refractivity contribution in [1.29, 1.82) is 0 Å². The van der Waals surface area contributed by atoms with Crippen LogP contribution < -0.4 is 21.8 Å². The summed E-state index contributed by atoms with van der Waals surface area (Å²) in [4.78, 5) is 64.3. The Labute approximate surface area is 221 Å².